The van der Waals surface area contributed by atoms with Crippen LogP contribution in [0.4, 0.5) is 5.69 Å². The molecule has 0 atom stereocenters. The molecule has 35 heavy (non-hydrogen) atoms. The number of aryl methyl sites for hydroxylation is 1. The van der Waals surface area contributed by atoms with E-state index in [0.717, 1.165) is 60.2 Å². The molecule has 1 aliphatic rings. The lowest BCUT2D eigenvalue weighted by Gasteiger charge is -2.20. The van der Waals surface area contributed by atoms with Gasteiger partial charge >= 0.3 is 5.97 Å². The number of nitrogens with one attached hydrogen (secondary N) is 2. The second-order valence-electron chi connectivity index (χ2n) is 9.35. The fourth-order valence-corrected chi connectivity index (χ4v) is 4.78. The van der Waals surface area contributed by atoms with Crippen LogP contribution in [0.2, 0.25) is 0 Å². The van der Waals surface area contributed by atoms with Crippen molar-refractivity contribution in [2.24, 2.45) is 11.7 Å². The topological polar surface area (TPSA) is 134 Å². The summed E-state index contributed by atoms with van der Waals surface area (Å²) in [7, 11) is 0. The highest BCUT2D eigenvalue weighted by Gasteiger charge is 2.21. The van der Waals surface area contributed by atoms with Crippen molar-refractivity contribution < 1.29 is 14.7 Å². The molecule has 5 N–H and O–H groups in total. The van der Waals surface area contributed by atoms with Gasteiger partial charge in [0.2, 0.25) is 5.91 Å². The summed E-state index contributed by atoms with van der Waals surface area (Å²) in [6, 6.07) is 13.4. The summed E-state index contributed by atoms with van der Waals surface area (Å²) < 4.78 is 2.14. The number of unbranched alkanes of at least 4 members (excludes halogenated alkanes) is 1. The fraction of sp³-hybridized carbons (Fsp3) is 0.407. The van der Waals surface area contributed by atoms with Gasteiger partial charge in [0, 0.05) is 36.6 Å². The van der Waals surface area contributed by atoms with Gasteiger partial charge in [-0.05, 0) is 49.4 Å². The molecule has 4 rings (SSSR count). The average Bonchev–Trinajstić information content (AvgIpc) is 3.18. The molecule has 0 spiro atoms. The number of carbonyl (C=O) groups excluding carboxylic acids is 1. The number of hydrogen-bond acceptors (Lipinski definition) is 4. The molecule has 0 unspecified atom stereocenters. The van der Waals surface area contributed by atoms with E-state index < -0.39 is 5.97 Å². The minimum Gasteiger partial charge on any atom is -0.481 e. The van der Waals surface area contributed by atoms with E-state index in [1.54, 1.807) is 0 Å². The number of nitrogens with two attached hydrogens (primary N) is 1. The van der Waals surface area contributed by atoms with Gasteiger partial charge in [-0.3, -0.25) is 15.0 Å². The predicted octanol–water partition coefficient (Wildman–Crippen LogP) is 4.68. The largest absolute Gasteiger partial charge is 0.481 e. The molecule has 1 aliphatic carbocycles. The van der Waals surface area contributed by atoms with Crippen molar-refractivity contribution in [2.75, 3.05) is 5.32 Å². The number of aromatic nitrogens is 2. The second kappa shape index (κ2) is 11.2. The number of carboxylic acid groups (broad SMARTS) is 1. The maximum absolute atomic E-state index is 12.7. The average molecular weight is 476 g/mol. The maximum atomic E-state index is 12.7. The van der Waals surface area contributed by atoms with Crippen LogP contribution >= 0.6 is 0 Å². The van der Waals surface area contributed by atoms with Gasteiger partial charge in [-0.15, -0.1) is 0 Å². The molecule has 8 heteroatoms. The second-order valence-corrected chi connectivity index (χ2v) is 9.35. The minimum atomic E-state index is -0.787. The Morgan fingerprint density at radius 1 is 1.09 bits per heavy atom. The molecule has 2 aromatic carbocycles. The zero-order chi connectivity index (χ0) is 24.8. The van der Waals surface area contributed by atoms with Gasteiger partial charge in [0.05, 0.1) is 11.0 Å². The van der Waals surface area contributed by atoms with Crippen LogP contribution in [-0.4, -0.2) is 32.4 Å². The molecule has 8 nitrogen and oxygen atoms in total. The van der Waals surface area contributed by atoms with Crippen molar-refractivity contribution in [2.45, 2.75) is 64.3 Å². The number of carbonyl (C=O) groups is 2. The SMILES string of the molecule is N=C(N)c1ccc(Cc2nc3cc(NC(=O)C4CCCCC4)ccc3n2CCCCC(=O)O)cc1. The molecule has 1 heterocycles. The van der Waals surface area contributed by atoms with E-state index >= 15 is 0 Å². The van der Waals surface area contributed by atoms with E-state index in [9.17, 15) is 9.59 Å². The van der Waals surface area contributed by atoms with E-state index in [0.29, 0.717) is 24.9 Å². The molecule has 1 amide bonds. The lowest BCUT2D eigenvalue weighted by atomic mass is 9.88. The van der Waals surface area contributed by atoms with Gasteiger partial charge in [-0.1, -0.05) is 43.5 Å². The number of hydrogen-bond donors (Lipinski definition) is 4. The van der Waals surface area contributed by atoms with E-state index in [4.69, 9.17) is 21.2 Å². The van der Waals surface area contributed by atoms with Crippen LogP contribution in [0.5, 0.6) is 0 Å². The third-order valence-electron chi connectivity index (χ3n) is 6.72. The Morgan fingerprint density at radius 3 is 2.51 bits per heavy atom. The molecule has 3 aromatic rings. The normalized spacial score (nSPS) is 14.2. The summed E-state index contributed by atoms with van der Waals surface area (Å²) in [6.07, 6.45) is 7.39. The first-order valence-electron chi connectivity index (χ1n) is 12.4. The number of amidine groups is 1. The van der Waals surface area contributed by atoms with E-state index in [1.165, 1.54) is 6.42 Å². The van der Waals surface area contributed by atoms with Crippen molar-refractivity contribution in [3.05, 3.63) is 59.4 Å². The number of rotatable bonds is 10. The molecule has 1 fully saturated rings. The summed E-state index contributed by atoms with van der Waals surface area (Å²) in [4.78, 5) is 28.5. The third-order valence-corrected chi connectivity index (χ3v) is 6.72. The number of nitrogens with zero attached hydrogens (tertiary/aromatic N) is 2. The standard InChI is InChI=1S/C27H33N5O3/c28-26(29)19-11-9-18(10-12-19)16-24-31-22-17-21(30-27(35)20-6-2-1-3-7-20)13-14-23(22)32(24)15-5-4-8-25(33)34/h9-14,17,20H,1-8,15-16H2,(H3,28,29)(H,30,35)(H,33,34). The fourth-order valence-electron chi connectivity index (χ4n) is 4.78. The monoisotopic (exact) mass is 475 g/mol. The predicted molar refractivity (Wildman–Crippen MR) is 137 cm³/mol. The van der Waals surface area contributed by atoms with Crippen LogP contribution in [0.15, 0.2) is 42.5 Å². The van der Waals surface area contributed by atoms with Gasteiger partial charge in [-0.2, -0.15) is 0 Å². The zero-order valence-corrected chi connectivity index (χ0v) is 19.9. The molecule has 0 saturated heterocycles. The van der Waals surface area contributed by atoms with Crippen molar-refractivity contribution in [1.29, 1.82) is 5.41 Å². The van der Waals surface area contributed by atoms with Crippen molar-refractivity contribution >= 4 is 34.4 Å². The van der Waals surface area contributed by atoms with Crippen molar-refractivity contribution in [3.63, 3.8) is 0 Å². The Hall–Kier alpha value is -3.68. The summed E-state index contributed by atoms with van der Waals surface area (Å²) in [5, 5.41) is 19.6. The molecule has 184 valence electrons. The Kier molecular flexibility index (Phi) is 7.80. The lowest BCUT2D eigenvalue weighted by molar-refractivity contribution is -0.137. The van der Waals surface area contributed by atoms with Gasteiger partial charge in [-0.25, -0.2) is 4.98 Å². The Bertz CT molecular complexity index is 1210. The highest BCUT2D eigenvalue weighted by Crippen LogP contribution is 2.27. The van der Waals surface area contributed by atoms with Crippen LogP contribution < -0.4 is 11.1 Å². The Morgan fingerprint density at radius 2 is 1.83 bits per heavy atom. The third kappa shape index (κ3) is 6.26. The number of carboxylic acids is 1. The van der Waals surface area contributed by atoms with Crippen molar-refractivity contribution in [1.82, 2.24) is 9.55 Å². The molecule has 1 aromatic heterocycles. The molecule has 0 radical (unpaired) electrons. The number of nitrogen functional groups attached to an aromatic ring is 1. The molecular weight excluding hydrogens is 442 g/mol. The molecule has 0 bridgehead atoms. The minimum absolute atomic E-state index is 0.0324. The summed E-state index contributed by atoms with van der Waals surface area (Å²) in [6.45, 7) is 0.665. The van der Waals surface area contributed by atoms with Crippen molar-refractivity contribution in [3.8, 4) is 0 Å². The van der Waals surface area contributed by atoms with Crippen LogP contribution in [0, 0.1) is 11.3 Å². The first-order chi connectivity index (χ1) is 16.9. The Balaban J connectivity index is 1.57. The van der Waals surface area contributed by atoms with Gasteiger partial charge in [0.1, 0.15) is 11.7 Å². The molecule has 0 aliphatic heterocycles. The van der Waals surface area contributed by atoms with E-state index in [1.807, 2.05) is 42.5 Å². The van der Waals surface area contributed by atoms with Crippen LogP contribution in [0.1, 0.15) is 68.3 Å². The highest BCUT2D eigenvalue weighted by atomic mass is 16.4. The summed E-state index contributed by atoms with van der Waals surface area (Å²) in [5.74, 6) is 0.291. The molecule has 1 saturated carbocycles. The van der Waals surface area contributed by atoms with Crippen LogP contribution in [-0.2, 0) is 22.6 Å². The number of fused-ring (bicyclic) bond motifs is 1. The number of anilines is 1. The number of benzene rings is 2. The first-order valence-corrected chi connectivity index (χ1v) is 12.4. The number of imidazole rings is 1. The number of amides is 1. The maximum Gasteiger partial charge on any atom is 0.303 e. The molecular formula is C27H33N5O3. The van der Waals surface area contributed by atoms with Crippen LogP contribution in [0.3, 0.4) is 0 Å². The van der Waals surface area contributed by atoms with Crippen LogP contribution in [0.25, 0.3) is 11.0 Å². The quantitative estimate of drug-likeness (QED) is 0.192. The lowest BCUT2D eigenvalue weighted by Crippen LogP contribution is -2.24. The smallest absolute Gasteiger partial charge is 0.303 e. The summed E-state index contributed by atoms with van der Waals surface area (Å²) in [5.41, 5.74) is 9.81. The number of aliphatic carboxylic acids is 1. The van der Waals surface area contributed by atoms with Gasteiger partial charge in [0.25, 0.3) is 0 Å². The van der Waals surface area contributed by atoms with Gasteiger partial charge in [0.15, 0.2) is 0 Å². The summed E-state index contributed by atoms with van der Waals surface area (Å²) >= 11 is 0. The zero-order valence-electron chi connectivity index (χ0n) is 19.9. The van der Waals surface area contributed by atoms with E-state index in [2.05, 4.69) is 9.88 Å². The van der Waals surface area contributed by atoms with Gasteiger partial charge < -0.3 is 20.7 Å². The Labute approximate surface area is 205 Å². The first kappa shape index (κ1) is 24.4. The highest BCUT2D eigenvalue weighted by molar-refractivity contribution is 5.95. The van der Waals surface area contributed by atoms with E-state index in [-0.39, 0.29) is 24.1 Å².